The van der Waals surface area contributed by atoms with Gasteiger partial charge in [0.05, 0.1) is 6.61 Å². The smallest absolute Gasteiger partial charge is 0.129 e. The molecule has 5 heteroatoms. The highest BCUT2D eigenvalue weighted by molar-refractivity contribution is 5.44. The molecule has 5 nitrogen and oxygen atoms in total. The topological polar surface area (TPSA) is 57.2 Å². The maximum atomic E-state index is 9.59. The zero-order chi connectivity index (χ0) is 13.5. The number of rotatable bonds is 8. The Balaban J connectivity index is 1.67. The fraction of sp³-hybridized carbons (Fsp3) is 0.571. The van der Waals surface area contributed by atoms with Gasteiger partial charge in [-0.3, -0.25) is 0 Å². The van der Waals surface area contributed by atoms with Gasteiger partial charge < -0.3 is 24.1 Å². The van der Waals surface area contributed by atoms with Gasteiger partial charge in [-0.15, -0.1) is 0 Å². The fourth-order valence-corrected chi connectivity index (χ4v) is 1.89. The number of hydrogen-bond acceptors (Lipinski definition) is 5. The summed E-state index contributed by atoms with van der Waals surface area (Å²) in [6.07, 6.45) is 0.370. The molecule has 106 valence electrons. The highest BCUT2D eigenvalue weighted by atomic mass is 16.5. The van der Waals surface area contributed by atoms with E-state index in [2.05, 4.69) is 0 Å². The van der Waals surface area contributed by atoms with E-state index in [9.17, 15) is 5.11 Å². The van der Waals surface area contributed by atoms with E-state index in [4.69, 9.17) is 18.9 Å². The van der Waals surface area contributed by atoms with E-state index in [0.29, 0.717) is 38.8 Å². The third-order valence-corrected chi connectivity index (χ3v) is 2.87. The molecular formula is C14H20O5. The molecule has 19 heavy (non-hydrogen) atoms. The minimum absolute atomic E-state index is 0.321. The number of benzene rings is 1. The Morgan fingerprint density at radius 2 is 2.16 bits per heavy atom. The Labute approximate surface area is 113 Å². The standard InChI is InChI=1S/C14H20O5/c1-16-5-2-6-17-7-8-18-11-3-4-12-13(15)10-19-14(12)9-11/h3-4,9,13,15H,2,5-8,10H2,1H3. The second-order valence-corrected chi connectivity index (χ2v) is 4.33. The van der Waals surface area contributed by atoms with Gasteiger partial charge in [0.25, 0.3) is 0 Å². The van der Waals surface area contributed by atoms with E-state index in [1.54, 1.807) is 13.2 Å². The van der Waals surface area contributed by atoms with Gasteiger partial charge in [-0.1, -0.05) is 0 Å². The van der Waals surface area contributed by atoms with E-state index in [1.165, 1.54) is 0 Å². The average Bonchev–Trinajstić information content (AvgIpc) is 2.79. The van der Waals surface area contributed by atoms with Crippen LogP contribution in [0.2, 0.25) is 0 Å². The van der Waals surface area contributed by atoms with Gasteiger partial charge in [-0.2, -0.15) is 0 Å². The first-order valence-corrected chi connectivity index (χ1v) is 6.45. The summed E-state index contributed by atoms with van der Waals surface area (Å²) < 4.78 is 21.2. The minimum Gasteiger partial charge on any atom is -0.491 e. The largest absolute Gasteiger partial charge is 0.491 e. The number of aliphatic hydroxyl groups is 1. The molecule has 1 N–H and O–H groups in total. The first-order valence-electron chi connectivity index (χ1n) is 6.45. The van der Waals surface area contributed by atoms with Gasteiger partial charge in [0, 0.05) is 32.0 Å². The molecule has 1 atom stereocenters. The first-order chi connectivity index (χ1) is 9.31. The van der Waals surface area contributed by atoms with E-state index in [1.807, 2.05) is 12.1 Å². The molecule has 1 aromatic carbocycles. The van der Waals surface area contributed by atoms with Crippen LogP contribution in [-0.4, -0.2) is 45.3 Å². The monoisotopic (exact) mass is 268 g/mol. The SMILES string of the molecule is COCCCOCCOc1ccc2c(c1)OCC2O. The normalized spacial score (nSPS) is 17.1. The zero-order valence-corrected chi connectivity index (χ0v) is 11.1. The van der Waals surface area contributed by atoms with Crippen LogP contribution in [0.25, 0.3) is 0 Å². The lowest BCUT2D eigenvalue weighted by molar-refractivity contribution is 0.0806. The fourth-order valence-electron chi connectivity index (χ4n) is 1.89. The minimum atomic E-state index is -0.520. The van der Waals surface area contributed by atoms with Gasteiger partial charge in [0.2, 0.25) is 0 Å². The van der Waals surface area contributed by atoms with Crippen molar-refractivity contribution in [1.82, 2.24) is 0 Å². The second kappa shape index (κ2) is 7.33. The van der Waals surface area contributed by atoms with E-state index in [0.717, 1.165) is 17.7 Å². The molecular weight excluding hydrogens is 248 g/mol. The molecule has 0 fully saturated rings. The van der Waals surface area contributed by atoms with Crippen LogP contribution in [0.5, 0.6) is 11.5 Å². The summed E-state index contributed by atoms with van der Waals surface area (Å²) >= 11 is 0. The van der Waals surface area contributed by atoms with Gasteiger partial charge in [0.15, 0.2) is 0 Å². The molecule has 0 saturated carbocycles. The lowest BCUT2D eigenvalue weighted by atomic mass is 10.1. The van der Waals surface area contributed by atoms with Gasteiger partial charge in [0.1, 0.15) is 30.8 Å². The van der Waals surface area contributed by atoms with Crippen molar-refractivity contribution < 1.29 is 24.1 Å². The Morgan fingerprint density at radius 3 is 3.00 bits per heavy atom. The van der Waals surface area contributed by atoms with Gasteiger partial charge >= 0.3 is 0 Å². The molecule has 0 radical (unpaired) electrons. The lowest BCUT2D eigenvalue weighted by Gasteiger charge is -2.08. The van der Waals surface area contributed by atoms with Crippen LogP contribution in [0.15, 0.2) is 18.2 Å². The molecule has 0 spiro atoms. The molecule has 1 heterocycles. The van der Waals surface area contributed by atoms with Crippen molar-refractivity contribution in [1.29, 1.82) is 0 Å². The van der Waals surface area contributed by atoms with Crippen LogP contribution >= 0.6 is 0 Å². The summed E-state index contributed by atoms with van der Waals surface area (Å²) in [5.74, 6) is 1.43. The molecule has 0 aromatic heterocycles. The van der Waals surface area contributed by atoms with E-state index in [-0.39, 0.29) is 0 Å². The van der Waals surface area contributed by atoms with Crippen molar-refractivity contribution in [2.45, 2.75) is 12.5 Å². The molecule has 1 aromatic rings. The lowest BCUT2D eigenvalue weighted by Crippen LogP contribution is -2.08. The first kappa shape index (κ1) is 14.1. The van der Waals surface area contributed by atoms with Crippen LogP contribution in [-0.2, 0) is 9.47 Å². The predicted molar refractivity (Wildman–Crippen MR) is 69.7 cm³/mol. The molecule has 2 rings (SSSR count). The summed E-state index contributed by atoms with van der Waals surface area (Å²) in [5, 5.41) is 9.59. The molecule has 1 aliphatic heterocycles. The predicted octanol–water partition coefficient (Wildman–Crippen LogP) is 1.54. The number of methoxy groups -OCH3 is 1. The third-order valence-electron chi connectivity index (χ3n) is 2.87. The number of aliphatic hydroxyl groups excluding tert-OH is 1. The maximum Gasteiger partial charge on any atom is 0.129 e. The summed E-state index contributed by atoms with van der Waals surface area (Å²) in [6, 6.07) is 5.47. The van der Waals surface area contributed by atoms with Gasteiger partial charge in [-0.25, -0.2) is 0 Å². The number of hydrogen-bond donors (Lipinski definition) is 1. The Hall–Kier alpha value is -1.30. The van der Waals surface area contributed by atoms with E-state index < -0.39 is 6.10 Å². The zero-order valence-electron chi connectivity index (χ0n) is 11.1. The van der Waals surface area contributed by atoms with Crippen molar-refractivity contribution >= 4 is 0 Å². The van der Waals surface area contributed by atoms with E-state index >= 15 is 0 Å². The molecule has 1 unspecified atom stereocenters. The Kier molecular flexibility index (Phi) is 5.44. The van der Waals surface area contributed by atoms with Crippen molar-refractivity contribution in [2.24, 2.45) is 0 Å². The third kappa shape index (κ3) is 4.09. The number of ether oxygens (including phenoxy) is 4. The van der Waals surface area contributed by atoms with Crippen molar-refractivity contribution in [3.05, 3.63) is 23.8 Å². The summed E-state index contributed by atoms with van der Waals surface area (Å²) in [5.41, 5.74) is 0.822. The summed E-state index contributed by atoms with van der Waals surface area (Å²) in [6.45, 7) is 2.75. The Morgan fingerprint density at radius 1 is 1.26 bits per heavy atom. The molecule has 0 amide bonds. The molecule has 0 aliphatic carbocycles. The quantitative estimate of drug-likeness (QED) is 0.725. The average molecular weight is 268 g/mol. The highest BCUT2D eigenvalue weighted by Gasteiger charge is 2.21. The molecule has 1 aliphatic rings. The second-order valence-electron chi connectivity index (χ2n) is 4.33. The van der Waals surface area contributed by atoms with Crippen LogP contribution in [0.4, 0.5) is 0 Å². The van der Waals surface area contributed by atoms with Crippen molar-refractivity contribution in [3.8, 4) is 11.5 Å². The van der Waals surface area contributed by atoms with Crippen LogP contribution in [0, 0.1) is 0 Å². The van der Waals surface area contributed by atoms with Crippen molar-refractivity contribution in [2.75, 3.05) is 40.1 Å². The van der Waals surface area contributed by atoms with Crippen molar-refractivity contribution in [3.63, 3.8) is 0 Å². The van der Waals surface area contributed by atoms with Crippen LogP contribution in [0.1, 0.15) is 18.1 Å². The summed E-state index contributed by atoms with van der Waals surface area (Å²) in [4.78, 5) is 0. The van der Waals surface area contributed by atoms with Crippen LogP contribution < -0.4 is 9.47 Å². The maximum absolute atomic E-state index is 9.59. The molecule has 0 saturated heterocycles. The Bertz CT molecular complexity index is 393. The highest BCUT2D eigenvalue weighted by Crippen LogP contribution is 2.34. The molecule has 0 bridgehead atoms. The summed E-state index contributed by atoms with van der Waals surface area (Å²) in [7, 11) is 1.68. The number of fused-ring (bicyclic) bond motifs is 1. The van der Waals surface area contributed by atoms with Crippen LogP contribution in [0.3, 0.4) is 0 Å². The van der Waals surface area contributed by atoms with Gasteiger partial charge in [-0.05, 0) is 18.6 Å².